The summed E-state index contributed by atoms with van der Waals surface area (Å²) >= 11 is 0. The minimum absolute atomic E-state index is 0.283. The van der Waals surface area contributed by atoms with Gasteiger partial charge in [-0.2, -0.15) is 0 Å². The van der Waals surface area contributed by atoms with Crippen LogP contribution in [0.4, 0.5) is 0 Å². The molecular formula is C13H15NO. The first kappa shape index (κ1) is 8.98. The largest absolute Gasteiger partial charge is 0.461 e. The third-order valence-corrected chi connectivity index (χ3v) is 3.38. The molecule has 2 nitrogen and oxygen atoms in total. The third-order valence-electron chi connectivity index (χ3n) is 3.38. The van der Waals surface area contributed by atoms with E-state index in [0.29, 0.717) is 5.92 Å². The molecule has 2 unspecified atom stereocenters. The molecule has 1 saturated carbocycles. The molecule has 1 aliphatic carbocycles. The lowest BCUT2D eigenvalue weighted by Gasteiger charge is -2.11. The number of nitrogens with two attached hydrogens (primary N) is 1. The van der Waals surface area contributed by atoms with Gasteiger partial charge >= 0.3 is 0 Å². The van der Waals surface area contributed by atoms with Crippen LogP contribution in [0.15, 0.2) is 34.7 Å². The molecule has 3 rings (SSSR count). The summed E-state index contributed by atoms with van der Waals surface area (Å²) in [7, 11) is 0. The smallest absolute Gasteiger partial charge is 0.134 e. The van der Waals surface area contributed by atoms with E-state index in [-0.39, 0.29) is 6.04 Å². The number of para-hydroxylation sites is 1. The van der Waals surface area contributed by atoms with Crippen LogP contribution in [0.1, 0.15) is 30.9 Å². The van der Waals surface area contributed by atoms with Gasteiger partial charge in [-0.25, -0.2) is 0 Å². The Labute approximate surface area is 89.1 Å². The number of fused-ring (bicyclic) bond motifs is 1. The summed E-state index contributed by atoms with van der Waals surface area (Å²) in [6, 6.07) is 10.6. The zero-order valence-corrected chi connectivity index (χ0v) is 8.65. The van der Waals surface area contributed by atoms with Crippen molar-refractivity contribution in [1.82, 2.24) is 0 Å². The Hall–Kier alpha value is -1.28. The van der Waals surface area contributed by atoms with Crippen LogP contribution in [0.3, 0.4) is 0 Å². The lowest BCUT2D eigenvalue weighted by Crippen LogP contribution is -2.22. The highest BCUT2D eigenvalue weighted by atomic mass is 16.3. The fraction of sp³-hybridized carbons (Fsp3) is 0.385. The Morgan fingerprint density at radius 2 is 2.07 bits per heavy atom. The van der Waals surface area contributed by atoms with Gasteiger partial charge in [-0.05, 0) is 25.0 Å². The second-order valence-corrected chi connectivity index (χ2v) is 4.39. The SMILES string of the molecule is NC1CCCC1c1cc2ccccc2o1. The maximum Gasteiger partial charge on any atom is 0.134 e. The normalized spacial score (nSPS) is 26.2. The van der Waals surface area contributed by atoms with Gasteiger partial charge in [-0.1, -0.05) is 24.6 Å². The van der Waals surface area contributed by atoms with Crippen molar-refractivity contribution in [3.8, 4) is 0 Å². The topological polar surface area (TPSA) is 39.2 Å². The predicted octanol–water partition coefficient (Wildman–Crippen LogP) is 3.03. The molecule has 2 atom stereocenters. The van der Waals surface area contributed by atoms with Crippen molar-refractivity contribution in [2.75, 3.05) is 0 Å². The minimum Gasteiger partial charge on any atom is -0.461 e. The Kier molecular flexibility index (Phi) is 2.03. The van der Waals surface area contributed by atoms with Crippen molar-refractivity contribution in [2.45, 2.75) is 31.2 Å². The minimum atomic E-state index is 0.283. The van der Waals surface area contributed by atoms with Crippen LogP contribution < -0.4 is 5.73 Å². The molecule has 2 N–H and O–H groups in total. The molecule has 1 heterocycles. The Morgan fingerprint density at radius 1 is 1.20 bits per heavy atom. The average molecular weight is 201 g/mol. The maximum absolute atomic E-state index is 6.07. The molecule has 15 heavy (non-hydrogen) atoms. The van der Waals surface area contributed by atoms with Crippen molar-refractivity contribution in [3.05, 3.63) is 36.1 Å². The van der Waals surface area contributed by atoms with Gasteiger partial charge in [0, 0.05) is 17.3 Å². The van der Waals surface area contributed by atoms with Gasteiger partial charge in [-0.3, -0.25) is 0 Å². The lowest BCUT2D eigenvalue weighted by molar-refractivity contribution is 0.467. The van der Waals surface area contributed by atoms with Crippen LogP contribution in [-0.4, -0.2) is 6.04 Å². The fourth-order valence-corrected chi connectivity index (χ4v) is 2.53. The van der Waals surface area contributed by atoms with Gasteiger partial charge in [0.05, 0.1) is 0 Å². The summed E-state index contributed by atoms with van der Waals surface area (Å²) in [5, 5.41) is 1.19. The Bertz CT molecular complexity index is 441. The quantitative estimate of drug-likeness (QED) is 0.770. The second kappa shape index (κ2) is 3.38. The van der Waals surface area contributed by atoms with E-state index in [4.69, 9.17) is 10.2 Å². The summed E-state index contributed by atoms with van der Waals surface area (Å²) in [6.45, 7) is 0. The third kappa shape index (κ3) is 1.45. The zero-order chi connectivity index (χ0) is 10.3. The molecule has 2 aromatic rings. The van der Waals surface area contributed by atoms with Crippen LogP contribution >= 0.6 is 0 Å². The van der Waals surface area contributed by atoms with Gasteiger partial charge in [0.25, 0.3) is 0 Å². The fourth-order valence-electron chi connectivity index (χ4n) is 2.53. The van der Waals surface area contributed by atoms with Crippen LogP contribution in [0.25, 0.3) is 11.0 Å². The van der Waals surface area contributed by atoms with E-state index in [1.54, 1.807) is 0 Å². The predicted molar refractivity (Wildman–Crippen MR) is 60.8 cm³/mol. The van der Waals surface area contributed by atoms with Gasteiger partial charge in [-0.15, -0.1) is 0 Å². The van der Waals surface area contributed by atoms with Crippen LogP contribution in [0.2, 0.25) is 0 Å². The summed E-state index contributed by atoms with van der Waals surface area (Å²) in [5.41, 5.74) is 7.05. The molecule has 0 aliphatic heterocycles. The Morgan fingerprint density at radius 3 is 2.80 bits per heavy atom. The molecule has 0 radical (unpaired) electrons. The maximum atomic E-state index is 6.07. The van der Waals surface area contributed by atoms with E-state index in [2.05, 4.69) is 12.1 Å². The van der Waals surface area contributed by atoms with E-state index in [1.807, 2.05) is 18.2 Å². The number of rotatable bonds is 1. The average Bonchev–Trinajstić information content (AvgIpc) is 2.82. The molecule has 1 aromatic heterocycles. The number of benzene rings is 1. The molecule has 0 spiro atoms. The number of hydrogen-bond donors (Lipinski definition) is 1. The molecule has 1 aromatic carbocycles. The highest BCUT2D eigenvalue weighted by molar-refractivity contribution is 5.77. The van der Waals surface area contributed by atoms with E-state index >= 15 is 0 Å². The van der Waals surface area contributed by atoms with Gasteiger partial charge in [0.1, 0.15) is 11.3 Å². The molecule has 0 amide bonds. The second-order valence-electron chi connectivity index (χ2n) is 4.39. The highest BCUT2D eigenvalue weighted by Gasteiger charge is 2.28. The van der Waals surface area contributed by atoms with E-state index in [9.17, 15) is 0 Å². The first-order chi connectivity index (χ1) is 7.34. The monoisotopic (exact) mass is 201 g/mol. The summed E-state index contributed by atoms with van der Waals surface area (Å²) in [5.74, 6) is 1.50. The van der Waals surface area contributed by atoms with E-state index in [0.717, 1.165) is 17.8 Å². The molecule has 78 valence electrons. The van der Waals surface area contributed by atoms with Crippen molar-refractivity contribution in [2.24, 2.45) is 5.73 Å². The highest BCUT2D eigenvalue weighted by Crippen LogP contribution is 2.35. The molecule has 0 saturated heterocycles. The molecule has 0 bridgehead atoms. The summed E-state index contributed by atoms with van der Waals surface area (Å²) in [6.07, 6.45) is 3.52. The van der Waals surface area contributed by atoms with Crippen LogP contribution in [0.5, 0.6) is 0 Å². The zero-order valence-electron chi connectivity index (χ0n) is 8.65. The molecular weight excluding hydrogens is 186 g/mol. The molecule has 1 fully saturated rings. The van der Waals surface area contributed by atoms with Crippen molar-refractivity contribution in [3.63, 3.8) is 0 Å². The first-order valence-corrected chi connectivity index (χ1v) is 5.58. The van der Waals surface area contributed by atoms with Crippen molar-refractivity contribution >= 4 is 11.0 Å². The van der Waals surface area contributed by atoms with Gasteiger partial charge in [0.2, 0.25) is 0 Å². The van der Waals surface area contributed by atoms with E-state index < -0.39 is 0 Å². The number of hydrogen-bond acceptors (Lipinski definition) is 2. The Balaban J connectivity index is 2.04. The lowest BCUT2D eigenvalue weighted by atomic mass is 10.0. The van der Waals surface area contributed by atoms with Crippen LogP contribution in [0, 0.1) is 0 Å². The molecule has 1 aliphatic rings. The standard InChI is InChI=1S/C13H15NO/c14-11-6-3-5-10(11)13-8-9-4-1-2-7-12(9)15-13/h1-2,4,7-8,10-11H,3,5-6,14H2. The first-order valence-electron chi connectivity index (χ1n) is 5.58. The van der Waals surface area contributed by atoms with E-state index in [1.165, 1.54) is 18.2 Å². The van der Waals surface area contributed by atoms with Crippen molar-refractivity contribution < 1.29 is 4.42 Å². The summed E-state index contributed by atoms with van der Waals surface area (Å²) in [4.78, 5) is 0. The van der Waals surface area contributed by atoms with Crippen molar-refractivity contribution in [1.29, 1.82) is 0 Å². The van der Waals surface area contributed by atoms with Crippen LogP contribution in [-0.2, 0) is 0 Å². The van der Waals surface area contributed by atoms with Gasteiger partial charge in [0.15, 0.2) is 0 Å². The van der Waals surface area contributed by atoms with Gasteiger partial charge < -0.3 is 10.2 Å². The molecule has 2 heteroatoms. The summed E-state index contributed by atoms with van der Waals surface area (Å²) < 4.78 is 5.84. The number of furan rings is 1.